The van der Waals surface area contributed by atoms with Crippen molar-refractivity contribution in [2.75, 3.05) is 6.61 Å². The van der Waals surface area contributed by atoms with Crippen molar-refractivity contribution in [3.8, 4) is 0 Å². The number of carbonyl (C=O) groups is 1. The van der Waals surface area contributed by atoms with Gasteiger partial charge in [0.15, 0.2) is 0 Å². The third-order valence-electron chi connectivity index (χ3n) is 3.26. The molecular weight excluding hydrogens is 140 g/mol. The molecule has 0 N–H and O–H groups in total. The number of aldehydes is 1. The van der Waals surface area contributed by atoms with Crippen LogP contribution in [0.5, 0.6) is 0 Å². The second-order valence-electron chi connectivity index (χ2n) is 4.12. The van der Waals surface area contributed by atoms with Crippen molar-refractivity contribution < 1.29 is 9.53 Å². The summed E-state index contributed by atoms with van der Waals surface area (Å²) in [7, 11) is 0. The summed E-state index contributed by atoms with van der Waals surface area (Å²) in [5.74, 6) is 0.329. The maximum atomic E-state index is 10.9. The van der Waals surface area contributed by atoms with Gasteiger partial charge in [-0.2, -0.15) is 0 Å². The Balaban J connectivity index is 2.97. The predicted molar refractivity (Wildman–Crippen MR) is 43.4 cm³/mol. The summed E-state index contributed by atoms with van der Waals surface area (Å²) in [5, 5.41) is 0. The average molecular weight is 156 g/mol. The van der Waals surface area contributed by atoms with Gasteiger partial charge >= 0.3 is 0 Å². The Kier molecular flexibility index (Phi) is 1.83. The maximum Gasteiger partial charge on any atom is 0.129 e. The molecule has 0 aromatic carbocycles. The van der Waals surface area contributed by atoms with Crippen LogP contribution in [-0.4, -0.2) is 18.5 Å². The van der Waals surface area contributed by atoms with Gasteiger partial charge in [0.05, 0.1) is 17.6 Å². The fraction of sp³-hybridized carbons (Fsp3) is 0.889. The van der Waals surface area contributed by atoms with Gasteiger partial charge in [0.2, 0.25) is 0 Å². The minimum absolute atomic E-state index is 0.297. The van der Waals surface area contributed by atoms with E-state index < -0.39 is 0 Å². The molecular formula is C9H16O2. The van der Waals surface area contributed by atoms with Gasteiger partial charge in [-0.3, -0.25) is 0 Å². The summed E-state index contributed by atoms with van der Waals surface area (Å²) < 4.78 is 5.53. The lowest BCUT2D eigenvalue weighted by molar-refractivity contribution is -0.124. The van der Waals surface area contributed by atoms with E-state index in [1.807, 2.05) is 20.8 Å². The van der Waals surface area contributed by atoms with Crippen LogP contribution in [-0.2, 0) is 9.53 Å². The molecule has 0 aliphatic carbocycles. The fourth-order valence-corrected chi connectivity index (χ4v) is 1.51. The molecule has 1 fully saturated rings. The standard InChI is InChI=1S/C9H16O2/c1-7-5-11-8(2,3)9(7,4)6-10/h6-7H,5H2,1-4H3. The molecule has 1 heterocycles. The van der Waals surface area contributed by atoms with Crippen LogP contribution >= 0.6 is 0 Å². The van der Waals surface area contributed by atoms with Gasteiger partial charge < -0.3 is 9.53 Å². The van der Waals surface area contributed by atoms with Crippen molar-refractivity contribution >= 4 is 6.29 Å². The highest BCUT2D eigenvalue weighted by molar-refractivity contribution is 5.62. The van der Waals surface area contributed by atoms with Crippen molar-refractivity contribution in [3.05, 3.63) is 0 Å². The summed E-state index contributed by atoms with van der Waals surface area (Å²) in [6, 6.07) is 0. The van der Waals surface area contributed by atoms with E-state index in [4.69, 9.17) is 4.74 Å². The van der Waals surface area contributed by atoms with Crippen LogP contribution in [0.2, 0.25) is 0 Å². The molecule has 11 heavy (non-hydrogen) atoms. The molecule has 0 amide bonds. The summed E-state index contributed by atoms with van der Waals surface area (Å²) in [6.07, 6.45) is 1.03. The van der Waals surface area contributed by atoms with Crippen molar-refractivity contribution in [1.29, 1.82) is 0 Å². The number of carbonyl (C=O) groups excluding carboxylic acids is 1. The third kappa shape index (κ3) is 1.00. The normalized spacial score (nSPS) is 42.4. The van der Waals surface area contributed by atoms with Gasteiger partial charge in [-0.15, -0.1) is 0 Å². The van der Waals surface area contributed by atoms with Crippen molar-refractivity contribution in [2.45, 2.75) is 33.3 Å². The molecule has 0 aromatic rings. The summed E-state index contributed by atoms with van der Waals surface area (Å²) in [5.41, 5.74) is -0.610. The first-order valence-corrected chi connectivity index (χ1v) is 4.04. The van der Waals surface area contributed by atoms with Crippen LogP contribution in [0.4, 0.5) is 0 Å². The number of rotatable bonds is 1. The van der Waals surface area contributed by atoms with E-state index in [2.05, 4.69) is 6.92 Å². The first-order valence-electron chi connectivity index (χ1n) is 4.04. The van der Waals surface area contributed by atoms with Gasteiger partial charge in [-0.05, 0) is 26.7 Å². The molecule has 1 aliphatic heterocycles. The van der Waals surface area contributed by atoms with E-state index in [1.54, 1.807) is 0 Å². The molecule has 2 atom stereocenters. The monoisotopic (exact) mass is 156 g/mol. The van der Waals surface area contributed by atoms with E-state index >= 15 is 0 Å². The zero-order valence-corrected chi connectivity index (χ0v) is 7.68. The SMILES string of the molecule is CC1COC(C)(C)C1(C)C=O. The number of ether oxygens (including phenoxy) is 1. The fourth-order valence-electron chi connectivity index (χ4n) is 1.51. The lowest BCUT2D eigenvalue weighted by Gasteiger charge is -2.33. The van der Waals surface area contributed by atoms with Crippen LogP contribution in [0.3, 0.4) is 0 Å². The molecule has 2 heteroatoms. The Morgan fingerprint density at radius 3 is 2.18 bits per heavy atom. The highest BCUT2D eigenvalue weighted by Gasteiger charge is 2.51. The van der Waals surface area contributed by atoms with Crippen LogP contribution in [0.15, 0.2) is 0 Å². The minimum atomic E-state index is -0.312. The van der Waals surface area contributed by atoms with Gasteiger partial charge in [-0.25, -0.2) is 0 Å². The molecule has 64 valence electrons. The molecule has 2 unspecified atom stereocenters. The van der Waals surface area contributed by atoms with Gasteiger partial charge in [-0.1, -0.05) is 6.92 Å². The smallest absolute Gasteiger partial charge is 0.129 e. The zero-order valence-electron chi connectivity index (χ0n) is 7.68. The van der Waals surface area contributed by atoms with Crippen LogP contribution < -0.4 is 0 Å². The molecule has 0 aromatic heterocycles. The summed E-state index contributed by atoms with van der Waals surface area (Å²) >= 11 is 0. The molecule has 1 aliphatic rings. The van der Waals surface area contributed by atoms with Gasteiger partial charge in [0.25, 0.3) is 0 Å². The van der Waals surface area contributed by atoms with Crippen molar-refractivity contribution in [1.82, 2.24) is 0 Å². The first kappa shape index (κ1) is 8.72. The van der Waals surface area contributed by atoms with Gasteiger partial charge in [0.1, 0.15) is 6.29 Å². The Labute approximate surface area is 67.9 Å². The predicted octanol–water partition coefficient (Wildman–Crippen LogP) is 1.64. The Morgan fingerprint density at radius 1 is 1.45 bits per heavy atom. The summed E-state index contributed by atoms with van der Waals surface area (Å²) in [6.45, 7) is 8.68. The van der Waals surface area contributed by atoms with Crippen LogP contribution in [0.25, 0.3) is 0 Å². The molecule has 1 saturated heterocycles. The zero-order chi connectivity index (χ0) is 8.70. The largest absolute Gasteiger partial charge is 0.374 e. The Hall–Kier alpha value is -0.370. The highest BCUT2D eigenvalue weighted by atomic mass is 16.5. The van der Waals surface area contributed by atoms with E-state index in [9.17, 15) is 4.79 Å². The minimum Gasteiger partial charge on any atom is -0.374 e. The molecule has 0 bridgehead atoms. The van der Waals surface area contributed by atoms with Crippen LogP contribution in [0.1, 0.15) is 27.7 Å². The van der Waals surface area contributed by atoms with Gasteiger partial charge in [0, 0.05) is 0 Å². The molecule has 2 nitrogen and oxygen atoms in total. The molecule has 0 spiro atoms. The lowest BCUT2D eigenvalue weighted by atomic mass is 9.71. The maximum absolute atomic E-state index is 10.9. The molecule has 1 rings (SSSR count). The summed E-state index contributed by atoms with van der Waals surface area (Å²) in [4.78, 5) is 10.9. The Morgan fingerprint density at radius 2 is 2.00 bits per heavy atom. The lowest BCUT2D eigenvalue weighted by Crippen LogP contribution is -2.41. The Bertz CT molecular complexity index is 174. The first-order chi connectivity index (χ1) is 4.94. The van der Waals surface area contributed by atoms with E-state index in [1.165, 1.54) is 0 Å². The highest BCUT2D eigenvalue weighted by Crippen LogP contribution is 2.45. The van der Waals surface area contributed by atoms with E-state index in [0.29, 0.717) is 12.5 Å². The quantitative estimate of drug-likeness (QED) is 0.539. The van der Waals surface area contributed by atoms with E-state index in [-0.39, 0.29) is 11.0 Å². The second kappa shape index (κ2) is 2.31. The number of hydrogen-bond acceptors (Lipinski definition) is 2. The van der Waals surface area contributed by atoms with Crippen LogP contribution in [0, 0.1) is 11.3 Å². The molecule has 0 saturated carbocycles. The number of hydrogen-bond donors (Lipinski definition) is 0. The molecule has 0 radical (unpaired) electrons. The van der Waals surface area contributed by atoms with E-state index in [0.717, 1.165) is 6.29 Å². The average Bonchev–Trinajstić information content (AvgIpc) is 2.15. The second-order valence-corrected chi connectivity index (χ2v) is 4.12. The van der Waals surface area contributed by atoms with Crippen molar-refractivity contribution in [3.63, 3.8) is 0 Å². The topological polar surface area (TPSA) is 26.3 Å². The third-order valence-corrected chi connectivity index (χ3v) is 3.26. The van der Waals surface area contributed by atoms with Crippen molar-refractivity contribution in [2.24, 2.45) is 11.3 Å².